The van der Waals surface area contributed by atoms with Crippen molar-refractivity contribution in [1.29, 1.82) is 0 Å². The summed E-state index contributed by atoms with van der Waals surface area (Å²) in [5, 5.41) is 11.4. The first kappa shape index (κ1) is 10.1. The summed E-state index contributed by atoms with van der Waals surface area (Å²) < 4.78 is 0. The molecule has 1 saturated heterocycles. The quantitative estimate of drug-likeness (QED) is 0.792. The first-order chi connectivity index (χ1) is 6.86. The molecule has 1 fully saturated rings. The fourth-order valence-corrected chi connectivity index (χ4v) is 2.61. The Morgan fingerprint density at radius 1 is 1.64 bits per heavy atom. The number of hydrogen-bond acceptors (Lipinski definition) is 3. The minimum absolute atomic E-state index is 0.675. The van der Waals surface area contributed by atoms with Crippen molar-refractivity contribution in [3.05, 3.63) is 22.4 Å². The summed E-state index contributed by atoms with van der Waals surface area (Å²) in [7, 11) is 0. The van der Waals surface area contributed by atoms with Gasteiger partial charge in [-0.1, -0.05) is 6.92 Å². The maximum atomic E-state index is 3.53. The van der Waals surface area contributed by atoms with Crippen LogP contribution in [0.2, 0.25) is 0 Å². The Balaban J connectivity index is 1.68. The van der Waals surface area contributed by atoms with Crippen LogP contribution in [-0.2, 0) is 6.54 Å². The van der Waals surface area contributed by atoms with E-state index < -0.39 is 0 Å². The Morgan fingerprint density at radius 3 is 3.21 bits per heavy atom. The molecule has 1 aliphatic rings. The van der Waals surface area contributed by atoms with Crippen LogP contribution in [0.4, 0.5) is 0 Å². The van der Waals surface area contributed by atoms with Crippen LogP contribution in [0.1, 0.15) is 18.9 Å². The first-order valence-corrected chi connectivity index (χ1v) is 6.25. The van der Waals surface area contributed by atoms with Crippen LogP contribution in [0, 0.1) is 5.92 Å². The fraction of sp³-hybridized carbons (Fsp3) is 0.636. The van der Waals surface area contributed by atoms with E-state index in [-0.39, 0.29) is 0 Å². The van der Waals surface area contributed by atoms with Gasteiger partial charge in [0.1, 0.15) is 0 Å². The van der Waals surface area contributed by atoms with Gasteiger partial charge in [0, 0.05) is 19.1 Å². The lowest BCUT2D eigenvalue weighted by atomic mass is 10.0. The molecule has 78 valence electrons. The second-order valence-corrected chi connectivity index (χ2v) is 4.87. The summed E-state index contributed by atoms with van der Waals surface area (Å²) in [5.74, 6) is 0.824. The van der Waals surface area contributed by atoms with Crippen molar-refractivity contribution in [1.82, 2.24) is 10.6 Å². The van der Waals surface area contributed by atoms with Crippen molar-refractivity contribution in [2.45, 2.75) is 25.9 Å². The molecule has 14 heavy (non-hydrogen) atoms. The van der Waals surface area contributed by atoms with Crippen molar-refractivity contribution in [3.8, 4) is 0 Å². The summed E-state index contributed by atoms with van der Waals surface area (Å²) in [6.45, 7) is 5.62. The molecular formula is C11H18N2S. The lowest BCUT2D eigenvalue weighted by Crippen LogP contribution is -2.36. The smallest absolute Gasteiger partial charge is 0.0218 e. The molecule has 0 aromatic carbocycles. The molecule has 1 aromatic heterocycles. The number of hydrogen-bond donors (Lipinski definition) is 2. The maximum absolute atomic E-state index is 3.53. The first-order valence-electron chi connectivity index (χ1n) is 5.31. The molecule has 0 radical (unpaired) electrons. The van der Waals surface area contributed by atoms with E-state index in [0.717, 1.165) is 19.0 Å². The van der Waals surface area contributed by atoms with Gasteiger partial charge in [0.2, 0.25) is 0 Å². The van der Waals surface area contributed by atoms with Crippen molar-refractivity contribution in [2.24, 2.45) is 5.92 Å². The molecule has 2 heterocycles. The number of rotatable bonds is 4. The third kappa shape index (κ3) is 2.56. The van der Waals surface area contributed by atoms with Gasteiger partial charge in [0.15, 0.2) is 0 Å². The van der Waals surface area contributed by atoms with Crippen LogP contribution >= 0.6 is 11.3 Å². The van der Waals surface area contributed by atoms with Gasteiger partial charge >= 0.3 is 0 Å². The summed E-state index contributed by atoms with van der Waals surface area (Å²) in [6.07, 6.45) is 1.32. The summed E-state index contributed by atoms with van der Waals surface area (Å²) in [6, 6.07) is 2.86. The van der Waals surface area contributed by atoms with Gasteiger partial charge in [-0.25, -0.2) is 0 Å². The average molecular weight is 210 g/mol. The maximum Gasteiger partial charge on any atom is 0.0218 e. The van der Waals surface area contributed by atoms with E-state index in [1.165, 1.54) is 18.5 Å². The van der Waals surface area contributed by atoms with Crippen LogP contribution < -0.4 is 10.6 Å². The van der Waals surface area contributed by atoms with E-state index in [0.29, 0.717) is 6.04 Å². The SMILES string of the molecule is CC1CCNC1CNCc1ccsc1. The monoisotopic (exact) mass is 210 g/mol. The second-order valence-electron chi connectivity index (χ2n) is 4.09. The Labute approximate surface area is 89.7 Å². The highest BCUT2D eigenvalue weighted by molar-refractivity contribution is 7.07. The van der Waals surface area contributed by atoms with Crippen molar-refractivity contribution >= 4 is 11.3 Å². The zero-order valence-corrected chi connectivity index (χ0v) is 9.44. The minimum atomic E-state index is 0.675. The van der Waals surface area contributed by atoms with Gasteiger partial charge in [0.25, 0.3) is 0 Å². The van der Waals surface area contributed by atoms with E-state index in [2.05, 4.69) is 34.4 Å². The molecule has 0 amide bonds. The van der Waals surface area contributed by atoms with Gasteiger partial charge < -0.3 is 10.6 Å². The van der Waals surface area contributed by atoms with Gasteiger partial charge in [-0.05, 0) is 41.3 Å². The third-order valence-electron chi connectivity index (χ3n) is 2.97. The molecule has 0 bridgehead atoms. The largest absolute Gasteiger partial charge is 0.312 e. The molecule has 2 nitrogen and oxygen atoms in total. The number of nitrogens with one attached hydrogen (secondary N) is 2. The van der Waals surface area contributed by atoms with E-state index in [1.807, 2.05) is 0 Å². The van der Waals surface area contributed by atoms with Crippen molar-refractivity contribution in [2.75, 3.05) is 13.1 Å². The van der Waals surface area contributed by atoms with Gasteiger partial charge in [0.05, 0.1) is 0 Å². The zero-order chi connectivity index (χ0) is 9.80. The molecule has 2 unspecified atom stereocenters. The molecule has 1 aliphatic heterocycles. The van der Waals surface area contributed by atoms with Gasteiger partial charge in [-0.15, -0.1) is 0 Å². The Morgan fingerprint density at radius 2 is 2.57 bits per heavy atom. The van der Waals surface area contributed by atoms with E-state index in [4.69, 9.17) is 0 Å². The predicted molar refractivity (Wildman–Crippen MR) is 61.6 cm³/mol. The Hall–Kier alpha value is -0.380. The predicted octanol–water partition coefficient (Wildman–Crippen LogP) is 1.84. The molecule has 0 aliphatic carbocycles. The fourth-order valence-electron chi connectivity index (χ4n) is 1.94. The summed E-state index contributed by atoms with van der Waals surface area (Å²) in [4.78, 5) is 0. The summed E-state index contributed by atoms with van der Waals surface area (Å²) in [5.41, 5.74) is 1.40. The molecule has 3 heteroatoms. The Kier molecular flexibility index (Phi) is 3.56. The van der Waals surface area contributed by atoms with Crippen LogP contribution in [0.15, 0.2) is 16.8 Å². The molecule has 0 saturated carbocycles. The highest BCUT2D eigenvalue weighted by Gasteiger charge is 2.21. The lowest BCUT2D eigenvalue weighted by molar-refractivity contribution is 0.448. The molecule has 2 rings (SSSR count). The molecule has 1 aromatic rings. The van der Waals surface area contributed by atoms with Crippen LogP contribution in [0.25, 0.3) is 0 Å². The van der Waals surface area contributed by atoms with Crippen LogP contribution in [-0.4, -0.2) is 19.1 Å². The Bertz CT molecular complexity index is 258. The second kappa shape index (κ2) is 4.91. The molecule has 2 atom stereocenters. The zero-order valence-electron chi connectivity index (χ0n) is 8.62. The number of thiophene rings is 1. The lowest BCUT2D eigenvalue weighted by Gasteiger charge is -2.15. The van der Waals surface area contributed by atoms with Crippen LogP contribution in [0.5, 0.6) is 0 Å². The third-order valence-corrected chi connectivity index (χ3v) is 3.70. The normalized spacial score (nSPS) is 26.9. The van der Waals surface area contributed by atoms with Crippen molar-refractivity contribution in [3.63, 3.8) is 0 Å². The molecule has 0 spiro atoms. The van der Waals surface area contributed by atoms with Crippen molar-refractivity contribution < 1.29 is 0 Å². The molecule has 2 N–H and O–H groups in total. The minimum Gasteiger partial charge on any atom is -0.312 e. The van der Waals surface area contributed by atoms with Gasteiger partial charge in [-0.3, -0.25) is 0 Å². The van der Waals surface area contributed by atoms with E-state index >= 15 is 0 Å². The standard InChI is InChI=1S/C11H18N2S/c1-9-2-4-13-11(9)7-12-6-10-3-5-14-8-10/h3,5,8-9,11-13H,2,4,6-7H2,1H3. The summed E-state index contributed by atoms with van der Waals surface area (Å²) >= 11 is 1.77. The van der Waals surface area contributed by atoms with Crippen LogP contribution in [0.3, 0.4) is 0 Å². The van der Waals surface area contributed by atoms with E-state index in [9.17, 15) is 0 Å². The van der Waals surface area contributed by atoms with Gasteiger partial charge in [-0.2, -0.15) is 11.3 Å². The average Bonchev–Trinajstić information content (AvgIpc) is 2.78. The highest BCUT2D eigenvalue weighted by Crippen LogP contribution is 2.13. The molecular weight excluding hydrogens is 192 g/mol. The highest BCUT2D eigenvalue weighted by atomic mass is 32.1. The van der Waals surface area contributed by atoms with E-state index in [1.54, 1.807) is 11.3 Å². The topological polar surface area (TPSA) is 24.1 Å².